The normalized spacial score (nSPS) is 12.8. The van der Waals surface area contributed by atoms with Crippen LogP contribution < -0.4 is 4.72 Å². The number of nitrogens with zero attached hydrogens (tertiary/aromatic N) is 1. The zero-order valence-electron chi connectivity index (χ0n) is 9.77. The summed E-state index contributed by atoms with van der Waals surface area (Å²) < 4.78 is 26.2. The second kappa shape index (κ2) is 5.48. The molecule has 0 amide bonds. The number of hydrogen-bond acceptors (Lipinski definition) is 4. The van der Waals surface area contributed by atoms with Crippen molar-refractivity contribution in [3.05, 3.63) is 28.8 Å². The van der Waals surface area contributed by atoms with Gasteiger partial charge in [-0.1, -0.05) is 11.6 Å². The molecule has 0 bridgehead atoms. The Labute approximate surface area is 110 Å². The zero-order valence-corrected chi connectivity index (χ0v) is 11.3. The Kier molecular flexibility index (Phi) is 4.46. The van der Waals surface area contributed by atoms with Gasteiger partial charge in [-0.25, -0.2) is 13.1 Å². The van der Waals surface area contributed by atoms with Crippen molar-refractivity contribution in [3.8, 4) is 6.07 Å². The lowest BCUT2D eigenvalue weighted by atomic mass is 10.2. The maximum atomic E-state index is 12.0. The van der Waals surface area contributed by atoms with Crippen LogP contribution in [0.5, 0.6) is 0 Å². The van der Waals surface area contributed by atoms with E-state index in [1.54, 1.807) is 0 Å². The smallest absolute Gasteiger partial charge is 0.242 e. The van der Waals surface area contributed by atoms with Crippen molar-refractivity contribution in [2.45, 2.75) is 24.8 Å². The summed E-state index contributed by atoms with van der Waals surface area (Å²) in [4.78, 5) is 10.8. The van der Waals surface area contributed by atoms with E-state index >= 15 is 0 Å². The summed E-state index contributed by atoms with van der Waals surface area (Å²) in [6, 6.07) is 4.88. The fourth-order valence-electron chi connectivity index (χ4n) is 1.16. The lowest BCUT2D eigenvalue weighted by Gasteiger charge is -2.12. The minimum absolute atomic E-state index is 0.00254. The molecule has 0 saturated heterocycles. The van der Waals surface area contributed by atoms with Gasteiger partial charge in [0.1, 0.15) is 10.7 Å². The van der Waals surface area contributed by atoms with E-state index in [4.69, 9.17) is 16.9 Å². The average molecular weight is 287 g/mol. The molecule has 0 spiro atoms. The van der Waals surface area contributed by atoms with Gasteiger partial charge in [-0.2, -0.15) is 5.26 Å². The summed E-state index contributed by atoms with van der Waals surface area (Å²) in [6.45, 7) is 2.71. The van der Waals surface area contributed by atoms with Crippen LogP contribution in [0.1, 0.15) is 19.4 Å². The molecule has 1 aromatic rings. The van der Waals surface area contributed by atoms with Gasteiger partial charge in [-0.05, 0) is 32.0 Å². The maximum Gasteiger partial charge on any atom is 0.242 e. The van der Waals surface area contributed by atoms with Gasteiger partial charge in [0.05, 0.1) is 22.7 Å². The highest BCUT2D eigenvalue weighted by Gasteiger charge is 2.22. The molecule has 0 aliphatic carbocycles. The van der Waals surface area contributed by atoms with Gasteiger partial charge in [-0.15, -0.1) is 0 Å². The number of halogens is 1. The molecule has 0 heterocycles. The quantitative estimate of drug-likeness (QED) is 0.908. The Morgan fingerprint density at radius 2 is 2.11 bits per heavy atom. The molecule has 18 heavy (non-hydrogen) atoms. The standard InChI is InChI=1S/C11H11ClN2O3S/c1-7(8(2)15)14-18(16,17)11-5-9(6-13)3-4-10(11)12/h3-5,7,14H,1-2H3. The topological polar surface area (TPSA) is 87.0 Å². The SMILES string of the molecule is CC(=O)C(C)NS(=O)(=O)c1cc(C#N)ccc1Cl. The first-order valence-corrected chi connectivity index (χ1v) is 6.86. The molecular weight excluding hydrogens is 276 g/mol. The largest absolute Gasteiger partial charge is 0.298 e. The van der Waals surface area contributed by atoms with E-state index in [1.807, 2.05) is 6.07 Å². The summed E-state index contributed by atoms with van der Waals surface area (Å²) >= 11 is 5.79. The molecule has 5 nitrogen and oxygen atoms in total. The summed E-state index contributed by atoms with van der Waals surface area (Å²) in [5, 5.41) is 8.72. The molecule has 1 atom stereocenters. The highest BCUT2D eigenvalue weighted by Crippen LogP contribution is 2.22. The molecule has 1 aromatic carbocycles. The van der Waals surface area contributed by atoms with Crippen LogP contribution in [0, 0.1) is 11.3 Å². The Hall–Kier alpha value is -1.42. The Balaban J connectivity index is 3.21. The number of nitriles is 1. The molecule has 1 unspecified atom stereocenters. The summed E-state index contributed by atoms with van der Waals surface area (Å²) in [6.07, 6.45) is 0. The van der Waals surface area contributed by atoms with Crippen LogP contribution in [0.15, 0.2) is 23.1 Å². The molecule has 0 radical (unpaired) electrons. The van der Waals surface area contributed by atoms with Gasteiger partial charge in [0.2, 0.25) is 10.0 Å². The van der Waals surface area contributed by atoms with Crippen LogP contribution in [0.4, 0.5) is 0 Å². The predicted octanol–water partition coefficient (Wildman–Crippen LogP) is 1.47. The van der Waals surface area contributed by atoms with E-state index in [2.05, 4.69) is 4.72 Å². The van der Waals surface area contributed by atoms with Crippen LogP contribution in [0.3, 0.4) is 0 Å². The number of benzene rings is 1. The van der Waals surface area contributed by atoms with Crippen molar-refractivity contribution in [2.75, 3.05) is 0 Å². The molecule has 0 aliphatic rings. The van der Waals surface area contributed by atoms with Gasteiger partial charge in [0.15, 0.2) is 0 Å². The number of rotatable bonds is 4. The van der Waals surface area contributed by atoms with Gasteiger partial charge < -0.3 is 0 Å². The van der Waals surface area contributed by atoms with Gasteiger partial charge >= 0.3 is 0 Å². The number of carbonyl (C=O) groups excluding carboxylic acids is 1. The second-order valence-electron chi connectivity index (χ2n) is 3.71. The highest BCUT2D eigenvalue weighted by molar-refractivity contribution is 7.89. The van der Waals surface area contributed by atoms with E-state index < -0.39 is 16.1 Å². The number of hydrogen-bond donors (Lipinski definition) is 1. The highest BCUT2D eigenvalue weighted by atomic mass is 35.5. The van der Waals surface area contributed by atoms with Crippen molar-refractivity contribution in [3.63, 3.8) is 0 Å². The molecule has 0 aliphatic heterocycles. The van der Waals surface area contributed by atoms with Crippen LogP contribution >= 0.6 is 11.6 Å². The lowest BCUT2D eigenvalue weighted by Crippen LogP contribution is -2.37. The van der Waals surface area contributed by atoms with Crippen molar-refractivity contribution in [1.29, 1.82) is 5.26 Å². The number of sulfonamides is 1. The summed E-state index contributed by atoms with van der Waals surface area (Å²) in [5.74, 6) is -0.314. The molecule has 1 rings (SSSR count). The zero-order chi connectivity index (χ0) is 13.9. The van der Waals surface area contributed by atoms with Gasteiger partial charge in [0, 0.05) is 0 Å². The van der Waals surface area contributed by atoms with Crippen LogP contribution in [-0.2, 0) is 14.8 Å². The third-order valence-corrected chi connectivity index (χ3v) is 4.31. The van der Waals surface area contributed by atoms with E-state index in [9.17, 15) is 13.2 Å². The maximum absolute atomic E-state index is 12.0. The minimum atomic E-state index is -3.92. The minimum Gasteiger partial charge on any atom is -0.298 e. The lowest BCUT2D eigenvalue weighted by molar-refractivity contribution is -0.118. The van der Waals surface area contributed by atoms with Crippen molar-refractivity contribution in [1.82, 2.24) is 4.72 Å². The number of carbonyl (C=O) groups is 1. The Bertz CT molecular complexity index is 620. The fourth-order valence-corrected chi connectivity index (χ4v) is 2.95. The number of ketones is 1. The van der Waals surface area contributed by atoms with Gasteiger partial charge in [-0.3, -0.25) is 4.79 Å². The monoisotopic (exact) mass is 286 g/mol. The first-order valence-electron chi connectivity index (χ1n) is 5.00. The van der Waals surface area contributed by atoms with Crippen molar-refractivity contribution < 1.29 is 13.2 Å². The van der Waals surface area contributed by atoms with Crippen LogP contribution in [0.25, 0.3) is 0 Å². The van der Waals surface area contributed by atoms with Crippen LogP contribution in [-0.4, -0.2) is 20.2 Å². The molecule has 7 heteroatoms. The predicted molar refractivity (Wildman–Crippen MR) is 66.6 cm³/mol. The average Bonchev–Trinajstić information content (AvgIpc) is 2.28. The molecule has 0 fully saturated rings. The molecule has 0 saturated carbocycles. The summed E-state index contributed by atoms with van der Waals surface area (Å²) in [5.41, 5.74) is 0.176. The molecular formula is C11H11ClN2O3S. The van der Waals surface area contributed by atoms with Crippen LogP contribution in [0.2, 0.25) is 5.02 Å². The van der Waals surface area contributed by atoms with Gasteiger partial charge in [0.25, 0.3) is 0 Å². The summed E-state index contributed by atoms with van der Waals surface area (Å²) in [7, 11) is -3.92. The molecule has 0 aromatic heterocycles. The fraction of sp³-hybridized carbons (Fsp3) is 0.273. The first kappa shape index (κ1) is 14.6. The van der Waals surface area contributed by atoms with Crippen molar-refractivity contribution in [2.24, 2.45) is 0 Å². The van der Waals surface area contributed by atoms with Crippen molar-refractivity contribution >= 4 is 27.4 Å². The Morgan fingerprint density at radius 1 is 1.50 bits per heavy atom. The van der Waals surface area contributed by atoms with E-state index in [0.29, 0.717) is 0 Å². The van der Waals surface area contributed by atoms with E-state index in [-0.39, 0.29) is 21.3 Å². The second-order valence-corrected chi connectivity index (χ2v) is 5.80. The number of Topliss-reactive ketones (excluding diaryl/α,β-unsaturated/α-hetero) is 1. The first-order chi connectivity index (χ1) is 8.27. The number of nitrogens with one attached hydrogen (secondary N) is 1. The van der Waals surface area contributed by atoms with E-state index in [0.717, 1.165) is 6.07 Å². The molecule has 1 N–H and O–H groups in total. The third kappa shape index (κ3) is 3.29. The Morgan fingerprint density at radius 3 is 2.61 bits per heavy atom. The third-order valence-electron chi connectivity index (χ3n) is 2.29. The van der Waals surface area contributed by atoms with E-state index in [1.165, 1.54) is 26.0 Å². The molecule has 96 valence electrons.